The van der Waals surface area contributed by atoms with Gasteiger partial charge in [0.15, 0.2) is 0 Å². The van der Waals surface area contributed by atoms with Gasteiger partial charge >= 0.3 is 0 Å². The third kappa shape index (κ3) is 2.58. The van der Waals surface area contributed by atoms with E-state index in [2.05, 4.69) is 16.9 Å². The predicted molar refractivity (Wildman–Crippen MR) is 82.5 cm³/mol. The summed E-state index contributed by atoms with van der Waals surface area (Å²) in [6, 6.07) is 7.51. The molecule has 1 aliphatic rings. The molecule has 21 heavy (non-hydrogen) atoms. The molecule has 1 heterocycles. The molecular formula is C17H20N2O2. The molecule has 0 amide bonds. The van der Waals surface area contributed by atoms with E-state index in [1.54, 1.807) is 0 Å². The molecule has 4 heteroatoms. The van der Waals surface area contributed by atoms with Crippen LogP contribution in [-0.4, -0.2) is 15.1 Å². The molecule has 1 aliphatic carbocycles. The van der Waals surface area contributed by atoms with Crippen LogP contribution in [0.2, 0.25) is 0 Å². The summed E-state index contributed by atoms with van der Waals surface area (Å²) in [5.41, 5.74) is 1.69. The number of nitrogens with one attached hydrogen (secondary N) is 1. The van der Waals surface area contributed by atoms with Crippen LogP contribution in [-0.2, 0) is 0 Å². The first-order valence-corrected chi connectivity index (χ1v) is 7.45. The molecule has 1 saturated carbocycles. The Morgan fingerprint density at radius 3 is 2.67 bits per heavy atom. The summed E-state index contributed by atoms with van der Waals surface area (Å²) in [7, 11) is 0. The van der Waals surface area contributed by atoms with Gasteiger partial charge in [-0.05, 0) is 43.2 Å². The van der Waals surface area contributed by atoms with Gasteiger partial charge in [0.25, 0.3) is 5.56 Å². The van der Waals surface area contributed by atoms with Crippen LogP contribution in [0.4, 0.5) is 0 Å². The summed E-state index contributed by atoms with van der Waals surface area (Å²) in [4.78, 5) is 19.5. The first-order valence-electron chi connectivity index (χ1n) is 7.45. The van der Waals surface area contributed by atoms with Crippen molar-refractivity contribution in [1.29, 1.82) is 0 Å². The molecule has 2 atom stereocenters. The van der Waals surface area contributed by atoms with Crippen LogP contribution in [0.5, 0.6) is 5.88 Å². The average molecular weight is 284 g/mol. The Bertz CT molecular complexity index is 721. The van der Waals surface area contributed by atoms with Crippen LogP contribution >= 0.6 is 0 Å². The van der Waals surface area contributed by atoms with Crippen LogP contribution in [0, 0.1) is 12.8 Å². The van der Waals surface area contributed by atoms with Crippen molar-refractivity contribution in [1.82, 2.24) is 9.97 Å². The lowest BCUT2D eigenvalue weighted by Gasteiger charge is -2.12. The number of hydrogen-bond donors (Lipinski definition) is 2. The molecule has 0 spiro atoms. The van der Waals surface area contributed by atoms with Crippen molar-refractivity contribution in [2.45, 2.75) is 39.0 Å². The van der Waals surface area contributed by atoms with Gasteiger partial charge in [-0.15, -0.1) is 0 Å². The van der Waals surface area contributed by atoms with E-state index in [0.717, 1.165) is 30.4 Å². The van der Waals surface area contributed by atoms with Gasteiger partial charge in [-0.25, -0.2) is 0 Å². The molecule has 0 bridgehead atoms. The standard InChI is InChI=1S/C17H20N2O2/c1-10-7-8-12(9-10)15-18-16(20)14(17(21)19-15)13-6-4-3-5-11(13)2/h3-6,10,12H,7-9H2,1-2H3,(H2,18,19,20,21). The van der Waals surface area contributed by atoms with Crippen LogP contribution in [0.3, 0.4) is 0 Å². The monoisotopic (exact) mass is 284 g/mol. The van der Waals surface area contributed by atoms with Crippen LogP contribution in [0.15, 0.2) is 29.1 Å². The number of benzene rings is 1. The van der Waals surface area contributed by atoms with E-state index in [1.165, 1.54) is 0 Å². The van der Waals surface area contributed by atoms with E-state index in [1.807, 2.05) is 31.2 Å². The first kappa shape index (κ1) is 13.9. The lowest BCUT2D eigenvalue weighted by molar-refractivity contribution is 0.445. The molecule has 0 saturated heterocycles. The van der Waals surface area contributed by atoms with Crippen molar-refractivity contribution in [3.63, 3.8) is 0 Å². The maximum absolute atomic E-state index is 12.4. The number of nitrogens with zero attached hydrogens (tertiary/aromatic N) is 1. The Balaban J connectivity index is 2.05. The number of aromatic amines is 1. The fourth-order valence-corrected chi connectivity index (χ4v) is 3.22. The number of aromatic nitrogens is 2. The van der Waals surface area contributed by atoms with E-state index in [4.69, 9.17) is 0 Å². The Hall–Kier alpha value is -2.10. The molecule has 1 aromatic heterocycles. The second kappa shape index (κ2) is 5.35. The number of aromatic hydroxyl groups is 1. The van der Waals surface area contributed by atoms with Crippen molar-refractivity contribution in [2.75, 3.05) is 0 Å². The summed E-state index contributed by atoms with van der Waals surface area (Å²) < 4.78 is 0. The second-order valence-corrected chi connectivity index (χ2v) is 6.08. The van der Waals surface area contributed by atoms with Crippen LogP contribution in [0.1, 0.15) is 43.5 Å². The predicted octanol–water partition coefficient (Wildman–Crippen LogP) is 3.35. The van der Waals surface area contributed by atoms with Crippen LogP contribution < -0.4 is 5.56 Å². The van der Waals surface area contributed by atoms with Gasteiger partial charge in [0.2, 0.25) is 5.88 Å². The number of aryl methyl sites for hydroxylation is 1. The van der Waals surface area contributed by atoms with Gasteiger partial charge in [-0.1, -0.05) is 31.2 Å². The maximum atomic E-state index is 12.4. The molecule has 0 aliphatic heterocycles. The number of hydrogen-bond acceptors (Lipinski definition) is 3. The largest absolute Gasteiger partial charge is 0.493 e. The molecule has 1 aromatic carbocycles. The highest BCUT2D eigenvalue weighted by molar-refractivity contribution is 5.70. The van der Waals surface area contributed by atoms with Gasteiger partial charge < -0.3 is 10.1 Å². The number of rotatable bonds is 2. The van der Waals surface area contributed by atoms with Crippen molar-refractivity contribution < 1.29 is 5.11 Å². The van der Waals surface area contributed by atoms with Crippen LogP contribution in [0.25, 0.3) is 11.1 Å². The van der Waals surface area contributed by atoms with Gasteiger partial charge in [-0.3, -0.25) is 4.79 Å². The SMILES string of the molecule is Cc1ccccc1-c1c(O)nc(C2CCC(C)C2)[nH]c1=O. The minimum Gasteiger partial charge on any atom is -0.493 e. The molecule has 2 aromatic rings. The highest BCUT2D eigenvalue weighted by atomic mass is 16.3. The lowest BCUT2D eigenvalue weighted by atomic mass is 10.0. The minimum atomic E-state index is -0.258. The van der Waals surface area contributed by atoms with Gasteiger partial charge in [0.1, 0.15) is 11.4 Å². The smallest absolute Gasteiger partial charge is 0.262 e. The fraction of sp³-hybridized carbons (Fsp3) is 0.412. The van der Waals surface area contributed by atoms with Gasteiger partial charge in [0.05, 0.1) is 0 Å². The minimum absolute atomic E-state index is 0.164. The summed E-state index contributed by atoms with van der Waals surface area (Å²) >= 11 is 0. The van der Waals surface area contributed by atoms with Crippen molar-refractivity contribution >= 4 is 0 Å². The van der Waals surface area contributed by atoms with E-state index >= 15 is 0 Å². The summed E-state index contributed by atoms with van der Waals surface area (Å²) in [6.45, 7) is 4.13. The van der Waals surface area contributed by atoms with Crippen molar-refractivity contribution in [3.05, 3.63) is 46.0 Å². The molecule has 0 radical (unpaired) electrons. The Labute approximate surface area is 123 Å². The number of H-pyrrole nitrogens is 1. The van der Waals surface area contributed by atoms with E-state index in [9.17, 15) is 9.90 Å². The Morgan fingerprint density at radius 1 is 1.29 bits per heavy atom. The average Bonchev–Trinajstić information content (AvgIpc) is 2.87. The molecule has 4 nitrogen and oxygen atoms in total. The lowest BCUT2D eigenvalue weighted by Crippen LogP contribution is -2.16. The summed E-state index contributed by atoms with van der Waals surface area (Å²) in [6.07, 6.45) is 3.19. The third-order valence-electron chi connectivity index (χ3n) is 4.41. The fourth-order valence-electron chi connectivity index (χ4n) is 3.22. The van der Waals surface area contributed by atoms with Crippen molar-refractivity contribution in [2.24, 2.45) is 5.92 Å². The second-order valence-electron chi connectivity index (χ2n) is 6.08. The van der Waals surface area contributed by atoms with Gasteiger partial charge in [0, 0.05) is 5.92 Å². The Kier molecular flexibility index (Phi) is 3.53. The van der Waals surface area contributed by atoms with Crippen molar-refractivity contribution in [3.8, 4) is 17.0 Å². The molecule has 2 N–H and O–H groups in total. The molecule has 3 rings (SSSR count). The Morgan fingerprint density at radius 2 is 2.05 bits per heavy atom. The zero-order chi connectivity index (χ0) is 15.0. The van der Waals surface area contributed by atoms with E-state index < -0.39 is 0 Å². The highest BCUT2D eigenvalue weighted by Gasteiger charge is 2.26. The summed E-state index contributed by atoms with van der Waals surface area (Å²) in [5, 5.41) is 10.2. The molecule has 2 unspecified atom stereocenters. The zero-order valence-electron chi connectivity index (χ0n) is 12.4. The summed E-state index contributed by atoms with van der Waals surface area (Å²) in [5.74, 6) is 1.37. The van der Waals surface area contributed by atoms with E-state index in [-0.39, 0.29) is 22.9 Å². The van der Waals surface area contributed by atoms with Gasteiger partial charge in [-0.2, -0.15) is 4.98 Å². The van der Waals surface area contributed by atoms with E-state index in [0.29, 0.717) is 11.7 Å². The molecule has 1 fully saturated rings. The molecular weight excluding hydrogens is 264 g/mol. The highest BCUT2D eigenvalue weighted by Crippen LogP contribution is 2.37. The normalized spacial score (nSPS) is 21.6. The maximum Gasteiger partial charge on any atom is 0.262 e. The third-order valence-corrected chi connectivity index (χ3v) is 4.41. The first-order chi connectivity index (χ1) is 10.1. The zero-order valence-corrected chi connectivity index (χ0v) is 12.4. The quantitative estimate of drug-likeness (QED) is 0.888. The molecule has 110 valence electrons. The topological polar surface area (TPSA) is 66.0 Å².